The summed E-state index contributed by atoms with van der Waals surface area (Å²) in [6, 6.07) is 4.77. The van der Waals surface area contributed by atoms with Gasteiger partial charge >= 0.3 is 0 Å². The van der Waals surface area contributed by atoms with Crippen LogP contribution >= 0.6 is 0 Å². The number of carbonyl (C=O) groups excluding carboxylic acids is 2. The van der Waals surface area contributed by atoms with Crippen LogP contribution in [0.1, 0.15) is 6.92 Å². The third-order valence-electron chi connectivity index (χ3n) is 2.97. The minimum atomic E-state index is -0.406. The number of hydrogen-bond donors (Lipinski definition) is 2. The van der Waals surface area contributed by atoms with Crippen molar-refractivity contribution in [2.24, 2.45) is 0 Å². The molecule has 1 fully saturated rings. The summed E-state index contributed by atoms with van der Waals surface area (Å²) in [6.45, 7) is 1.88. The minimum absolute atomic E-state index is 0.139. The van der Waals surface area contributed by atoms with Gasteiger partial charge in [0.15, 0.2) is 0 Å². The first-order valence-electron chi connectivity index (χ1n) is 5.56. The number of piperazine rings is 1. The third kappa shape index (κ3) is 2.09. The van der Waals surface area contributed by atoms with Crippen molar-refractivity contribution in [1.29, 1.82) is 0 Å². The van der Waals surface area contributed by atoms with Crippen LogP contribution in [0, 0.1) is 0 Å². The molecule has 2 amide bonds. The lowest BCUT2D eigenvalue weighted by Crippen LogP contribution is -2.57. The molecule has 18 heavy (non-hydrogen) atoms. The number of imide groups is 1. The molecule has 1 aliphatic heterocycles. The fraction of sp³-hybridized carbons (Fsp3) is 0.333. The molecule has 6 nitrogen and oxygen atoms in total. The Labute approximate surface area is 105 Å². The zero-order valence-electron chi connectivity index (χ0n) is 10.3. The predicted molar refractivity (Wildman–Crippen MR) is 67.4 cm³/mol. The molecule has 0 saturated carbocycles. The molecule has 1 aliphatic rings. The van der Waals surface area contributed by atoms with E-state index in [1.807, 2.05) is 0 Å². The zero-order chi connectivity index (χ0) is 13.3. The summed E-state index contributed by atoms with van der Waals surface area (Å²) in [7, 11) is 1.52. The highest BCUT2D eigenvalue weighted by molar-refractivity contribution is 6.04. The number of amides is 2. The highest BCUT2D eigenvalue weighted by Crippen LogP contribution is 2.28. The summed E-state index contributed by atoms with van der Waals surface area (Å²) in [5, 5.41) is 2.29. The molecule has 1 saturated heterocycles. The Kier molecular flexibility index (Phi) is 3.10. The maximum atomic E-state index is 11.6. The lowest BCUT2D eigenvalue weighted by Gasteiger charge is -2.33. The van der Waals surface area contributed by atoms with Crippen LogP contribution in [0.4, 0.5) is 11.4 Å². The zero-order valence-corrected chi connectivity index (χ0v) is 10.3. The second-order valence-electron chi connectivity index (χ2n) is 4.14. The number of benzene rings is 1. The van der Waals surface area contributed by atoms with E-state index in [9.17, 15) is 9.59 Å². The van der Waals surface area contributed by atoms with Gasteiger partial charge in [-0.05, 0) is 19.1 Å². The van der Waals surface area contributed by atoms with Gasteiger partial charge in [0.2, 0.25) is 11.8 Å². The van der Waals surface area contributed by atoms with Gasteiger partial charge in [-0.3, -0.25) is 14.9 Å². The molecular weight excluding hydrogens is 234 g/mol. The van der Waals surface area contributed by atoms with Crippen molar-refractivity contribution in [3.05, 3.63) is 18.2 Å². The summed E-state index contributed by atoms with van der Waals surface area (Å²) in [5.41, 5.74) is 6.98. The molecule has 0 spiro atoms. The molecule has 0 aromatic heterocycles. The van der Waals surface area contributed by atoms with Gasteiger partial charge in [-0.2, -0.15) is 0 Å². The molecule has 6 heteroatoms. The van der Waals surface area contributed by atoms with E-state index in [4.69, 9.17) is 10.5 Å². The monoisotopic (exact) mass is 249 g/mol. The Hall–Kier alpha value is -2.24. The van der Waals surface area contributed by atoms with Gasteiger partial charge in [0.05, 0.1) is 19.3 Å². The van der Waals surface area contributed by atoms with Gasteiger partial charge < -0.3 is 15.4 Å². The second kappa shape index (κ2) is 4.56. The van der Waals surface area contributed by atoms with Crippen molar-refractivity contribution < 1.29 is 14.3 Å². The van der Waals surface area contributed by atoms with Crippen LogP contribution in [0.2, 0.25) is 0 Å². The standard InChI is InChI=1S/C12H15N3O3/c1-7-12(17)14-11(16)6-15(7)8-3-4-9(13)10(5-8)18-2/h3-5,7H,6,13H2,1-2H3,(H,14,16,17). The summed E-state index contributed by atoms with van der Waals surface area (Å²) in [4.78, 5) is 24.7. The third-order valence-corrected chi connectivity index (χ3v) is 2.97. The molecule has 1 aromatic carbocycles. The minimum Gasteiger partial charge on any atom is -0.495 e. The normalized spacial score (nSPS) is 19.7. The van der Waals surface area contributed by atoms with Crippen LogP contribution in [0.25, 0.3) is 0 Å². The Bertz CT molecular complexity index is 501. The molecule has 1 unspecified atom stereocenters. The van der Waals surface area contributed by atoms with Crippen molar-refractivity contribution >= 4 is 23.2 Å². The predicted octanol–water partition coefficient (Wildman–Crippen LogP) is 0.129. The number of methoxy groups -OCH3 is 1. The maximum Gasteiger partial charge on any atom is 0.249 e. The molecule has 2 rings (SSSR count). The van der Waals surface area contributed by atoms with Crippen LogP contribution in [-0.4, -0.2) is 31.5 Å². The van der Waals surface area contributed by atoms with Gasteiger partial charge in [-0.25, -0.2) is 0 Å². The van der Waals surface area contributed by atoms with Gasteiger partial charge in [0.1, 0.15) is 11.8 Å². The van der Waals surface area contributed by atoms with Crippen LogP contribution in [0.15, 0.2) is 18.2 Å². The fourth-order valence-electron chi connectivity index (χ4n) is 1.91. The van der Waals surface area contributed by atoms with Crippen molar-refractivity contribution in [2.45, 2.75) is 13.0 Å². The van der Waals surface area contributed by atoms with E-state index >= 15 is 0 Å². The van der Waals surface area contributed by atoms with Crippen molar-refractivity contribution in [3.63, 3.8) is 0 Å². The maximum absolute atomic E-state index is 11.6. The van der Waals surface area contributed by atoms with Crippen LogP contribution in [-0.2, 0) is 9.59 Å². The lowest BCUT2D eigenvalue weighted by atomic mass is 10.1. The van der Waals surface area contributed by atoms with E-state index in [-0.39, 0.29) is 18.4 Å². The molecule has 0 aliphatic carbocycles. The first-order valence-corrected chi connectivity index (χ1v) is 5.56. The number of carbonyl (C=O) groups is 2. The fourth-order valence-corrected chi connectivity index (χ4v) is 1.91. The Morgan fingerprint density at radius 2 is 2.17 bits per heavy atom. The first kappa shape index (κ1) is 12.2. The van der Waals surface area contributed by atoms with Crippen molar-refractivity contribution in [1.82, 2.24) is 5.32 Å². The van der Waals surface area contributed by atoms with Crippen molar-refractivity contribution in [3.8, 4) is 5.75 Å². The Morgan fingerprint density at radius 3 is 2.83 bits per heavy atom. The summed E-state index contributed by atoms with van der Waals surface area (Å²) >= 11 is 0. The Morgan fingerprint density at radius 1 is 1.44 bits per heavy atom. The molecule has 1 atom stereocenters. The number of rotatable bonds is 2. The number of nitrogens with two attached hydrogens (primary N) is 1. The molecule has 1 aromatic rings. The molecule has 0 bridgehead atoms. The van der Waals surface area contributed by atoms with E-state index in [0.29, 0.717) is 11.4 Å². The quantitative estimate of drug-likeness (QED) is 0.575. The number of nitrogen functional groups attached to an aromatic ring is 1. The number of anilines is 2. The molecule has 0 radical (unpaired) electrons. The lowest BCUT2D eigenvalue weighted by molar-refractivity contribution is -0.132. The smallest absolute Gasteiger partial charge is 0.249 e. The van der Waals surface area contributed by atoms with Crippen LogP contribution in [0.5, 0.6) is 5.75 Å². The summed E-state index contributed by atoms with van der Waals surface area (Å²) in [6.07, 6.45) is 0. The van der Waals surface area contributed by atoms with E-state index in [2.05, 4.69) is 5.32 Å². The van der Waals surface area contributed by atoms with Crippen molar-refractivity contribution in [2.75, 3.05) is 24.3 Å². The number of nitrogens with one attached hydrogen (secondary N) is 1. The average molecular weight is 249 g/mol. The van der Waals surface area contributed by atoms with Gasteiger partial charge in [-0.15, -0.1) is 0 Å². The summed E-state index contributed by atoms with van der Waals surface area (Å²) in [5.74, 6) is -0.0888. The number of nitrogens with zero attached hydrogens (tertiary/aromatic N) is 1. The van der Waals surface area contributed by atoms with E-state index in [1.54, 1.807) is 30.0 Å². The number of ether oxygens (including phenoxy) is 1. The highest BCUT2D eigenvalue weighted by atomic mass is 16.5. The summed E-state index contributed by atoms with van der Waals surface area (Å²) < 4.78 is 5.13. The Balaban J connectivity index is 2.35. The molecule has 1 heterocycles. The van der Waals surface area contributed by atoms with Gasteiger partial charge in [0.25, 0.3) is 0 Å². The highest BCUT2D eigenvalue weighted by Gasteiger charge is 2.30. The molecule has 96 valence electrons. The largest absolute Gasteiger partial charge is 0.495 e. The van der Waals surface area contributed by atoms with E-state index in [1.165, 1.54) is 7.11 Å². The number of hydrogen-bond acceptors (Lipinski definition) is 5. The van der Waals surface area contributed by atoms with Gasteiger partial charge in [0, 0.05) is 11.8 Å². The van der Waals surface area contributed by atoms with Gasteiger partial charge in [-0.1, -0.05) is 0 Å². The SMILES string of the molecule is COc1cc(N2CC(=O)NC(=O)C2C)ccc1N. The van der Waals surface area contributed by atoms with Crippen LogP contribution < -0.4 is 20.7 Å². The van der Waals surface area contributed by atoms with Crippen LogP contribution in [0.3, 0.4) is 0 Å². The van der Waals surface area contributed by atoms with E-state index in [0.717, 1.165) is 5.69 Å². The second-order valence-corrected chi connectivity index (χ2v) is 4.14. The topological polar surface area (TPSA) is 84.7 Å². The molecular formula is C12H15N3O3. The van der Waals surface area contributed by atoms with E-state index < -0.39 is 6.04 Å². The first-order chi connectivity index (χ1) is 8.52. The molecule has 3 N–H and O–H groups in total. The average Bonchev–Trinajstić information content (AvgIpc) is 2.34.